The molecule has 2 aliphatic carbocycles. The maximum Gasteiger partial charge on any atom is 0.237 e. The summed E-state index contributed by atoms with van der Waals surface area (Å²) in [6.45, 7) is 6.22. The van der Waals surface area contributed by atoms with E-state index in [0.717, 1.165) is 45.6 Å². The highest BCUT2D eigenvalue weighted by Crippen LogP contribution is 2.38. The molecule has 3 heterocycles. The van der Waals surface area contributed by atoms with Crippen LogP contribution in [0.3, 0.4) is 0 Å². The number of rotatable bonds is 3. The summed E-state index contributed by atoms with van der Waals surface area (Å²) < 4.78 is 14.4. The summed E-state index contributed by atoms with van der Waals surface area (Å²) in [4.78, 5) is 15.6. The van der Waals surface area contributed by atoms with Gasteiger partial charge in [-0.2, -0.15) is 0 Å². The van der Waals surface area contributed by atoms with Crippen molar-refractivity contribution in [3.8, 4) is 0 Å². The van der Waals surface area contributed by atoms with Crippen molar-refractivity contribution >= 4 is 5.91 Å². The molecule has 0 aromatic carbocycles. The topological polar surface area (TPSA) is 71.7 Å². The van der Waals surface area contributed by atoms with Gasteiger partial charge in [0.05, 0.1) is 18.9 Å². The molecule has 29 heavy (non-hydrogen) atoms. The smallest absolute Gasteiger partial charge is 0.237 e. The highest BCUT2D eigenvalue weighted by atomic mass is 19.1. The number of alkyl halides is 1. The Kier molecular flexibility index (Phi) is 5.82. The third kappa shape index (κ3) is 4.06. The quantitative estimate of drug-likeness (QED) is 0.546. The van der Waals surface area contributed by atoms with E-state index in [4.69, 9.17) is 0 Å². The average Bonchev–Trinajstić information content (AvgIpc) is 3.38. The van der Waals surface area contributed by atoms with Crippen molar-refractivity contribution in [2.45, 2.75) is 88.4 Å². The predicted molar refractivity (Wildman–Crippen MR) is 110 cm³/mol. The van der Waals surface area contributed by atoms with Gasteiger partial charge >= 0.3 is 0 Å². The second kappa shape index (κ2) is 8.38. The number of fused-ring (bicyclic) bond motifs is 2. The van der Waals surface area contributed by atoms with Crippen molar-refractivity contribution in [1.82, 2.24) is 31.3 Å². The van der Waals surface area contributed by atoms with Gasteiger partial charge in [-0.15, -0.1) is 0 Å². The van der Waals surface area contributed by atoms with E-state index in [1.54, 1.807) is 0 Å². The molecule has 5 rings (SSSR count). The fraction of sp³-hybridized carbons (Fsp3) is 0.952. The van der Waals surface area contributed by atoms with Crippen molar-refractivity contribution < 1.29 is 9.18 Å². The van der Waals surface area contributed by atoms with Crippen LogP contribution in [0.2, 0.25) is 0 Å². The number of halogens is 1. The van der Waals surface area contributed by atoms with Gasteiger partial charge in [0.15, 0.2) is 0 Å². The zero-order valence-electron chi connectivity index (χ0n) is 17.6. The molecule has 5 aliphatic rings. The summed E-state index contributed by atoms with van der Waals surface area (Å²) >= 11 is 0. The SMILES string of the molecule is CC1CCC(F)C2CC(C(=O)N[C@@H]3CCC[C@@H](N4CCN5NCNC5C4)C3)NC12. The molecule has 0 aromatic heterocycles. The first-order valence-electron chi connectivity index (χ1n) is 11.8. The molecule has 4 N–H and O–H groups in total. The van der Waals surface area contributed by atoms with Gasteiger partial charge in [-0.05, 0) is 50.9 Å². The molecule has 3 aliphatic heterocycles. The third-order valence-corrected chi connectivity index (χ3v) is 8.20. The minimum absolute atomic E-state index is 0.0115. The van der Waals surface area contributed by atoms with Gasteiger partial charge in [0.1, 0.15) is 6.17 Å². The van der Waals surface area contributed by atoms with Crippen LogP contribution in [0.4, 0.5) is 4.39 Å². The van der Waals surface area contributed by atoms with E-state index in [-0.39, 0.29) is 30.0 Å². The van der Waals surface area contributed by atoms with E-state index in [9.17, 15) is 9.18 Å². The minimum atomic E-state index is -0.752. The minimum Gasteiger partial charge on any atom is -0.352 e. The normalized spacial score (nSPS) is 46.3. The zero-order valence-corrected chi connectivity index (χ0v) is 17.6. The summed E-state index contributed by atoms with van der Waals surface area (Å²) in [6, 6.07) is 0.740. The first-order valence-corrected chi connectivity index (χ1v) is 11.8. The van der Waals surface area contributed by atoms with E-state index in [0.29, 0.717) is 31.0 Å². The Balaban J connectivity index is 1.14. The fourth-order valence-electron chi connectivity index (χ4n) is 6.49. The second-order valence-electron chi connectivity index (χ2n) is 9.98. The zero-order chi connectivity index (χ0) is 20.0. The molecule has 164 valence electrons. The van der Waals surface area contributed by atoms with Crippen molar-refractivity contribution in [3.63, 3.8) is 0 Å². The molecule has 0 radical (unpaired) electrons. The first-order chi connectivity index (χ1) is 14.1. The second-order valence-corrected chi connectivity index (χ2v) is 9.98. The van der Waals surface area contributed by atoms with E-state index >= 15 is 0 Å². The van der Waals surface area contributed by atoms with Gasteiger partial charge in [-0.1, -0.05) is 6.92 Å². The summed E-state index contributed by atoms with van der Waals surface area (Å²) in [7, 11) is 0. The number of piperazine rings is 1. The molecule has 6 unspecified atom stereocenters. The Bertz CT molecular complexity index is 590. The highest BCUT2D eigenvalue weighted by Gasteiger charge is 2.46. The Morgan fingerprint density at radius 3 is 2.90 bits per heavy atom. The molecular weight excluding hydrogens is 371 g/mol. The van der Waals surface area contributed by atoms with Gasteiger partial charge < -0.3 is 10.6 Å². The molecule has 3 saturated heterocycles. The van der Waals surface area contributed by atoms with Crippen molar-refractivity contribution in [2.24, 2.45) is 11.8 Å². The fourth-order valence-corrected chi connectivity index (χ4v) is 6.49. The number of hydrogen-bond donors (Lipinski definition) is 4. The standard InChI is InChI=1S/C21H37FN6O/c1-13-5-6-17(22)16-10-18(26-20(13)16)21(29)25-14-3-2-4-15(9-14)27-7-8-28-19(11-27)23-12-24-28/h13-20,23-24,26H,2-12H2,1H3,(H,25,29)/t13?,14-,15-,16?,17?,18?,19?,20?/m1/s1. The van der Waals surface area contributed by atoms with Crippen LogP contribution in [0, 0.1) is 11.8 Å². The van der Waals surface area contributed by atoms with Crippen LogP contribution in [0.15, 0.2) is 0 Å². The number of hydrogen-bond acceptors (Lipinski definition) is 6. The molecule has 5 fully saturated rings. The molecule has 0 aromatic rings. The third-order valence-electron chi connectivity index (χ3n) is 8.20. The van der Waals surface area contributed by atoms with Crippen LogP contribution in [-0.4, -0.2) is 78.6 Å². The highest BCUT2D eigenvalue weighted by molar-refractivity contribution is 5.82. The number of amides is 1. The van der Waals surface area contributed by atoms with Crippen molar-refractivity contribution in [3.05, 3.63) is 0 Å². The van der Waals surface area contributed by atoms with E-state index in [1.807, 2.05) is 0 Å². The van der Waals surface area contributed by atoms with E-state index in [2.05, 4.69) is 38.2 Å². The summed E-state index contributed by atoms with van der Waals surface area (Å²) in [6.07, 6.45) is 6.37. The molecule has 8 heteroatoms. The number of nitrogens with one attached hydrogen (secondary N) is 4. The van der Waals surface area contributed by atoms with E-state index < -0.39 is 6.17 Å². The monoisotopic (exact) mass is 408 g/mol. The van der Waals surface area contributed by atoms with Crippen molar-refractivity contribution in [1.29, 1.82) is 0 Å². The Morgan fingerprint density at radius 1 is 1.14 bits per heavy atom. The molecule has 0 bridgehead atoms. The van der Waals surface area contributed by atoms with Crippen LogP contribution < -0.4 is 21.4 Å². The van der Waals surface area contributed by atoms with Crippen LogP contribution in [0.1, 0.15) is 51.9 Å². The Hall–Kier alpha value is -0.800. The lowest BCUT2D eigenvalue weighted by Crippen LogP contribution is -2.59. The van der Waals surface area contributed by atoms with Gasteiger partial charge in [-0.25, -0.2) is 14.8 Å². The average molecular weight is 409 g/mol. The van der Waals surface area contributed by atoms with Crippen LogP contribution in [0.25, 0.3) is 0 Å². The molecule has 7 nitrogen and oxygen atoms in total. The molecule has 1 amide bonds. The van der Waals surface area contributed by atoms with Gasteiger partial charge in [-0.3, -0.25) is 15.0 Å². The molecule has 8 atom stereocenters. The van der Waals surface area contributed by atoms with Crippen molar-refractivity contribution in [2.75, 3.05) is 26.3 Å². The Morgan fingerprint density at radius 2 is 2.03 bits per heavy atom. The predicted octanol–water partition coefficient (Wildman–Crippen LogP) is 0.538. The summed E-state index contributed by atoms with van der Waals surface area (Å²) in [5.41, 5.74) is 3.38. The lowest BCUT2D eigenvalue weighted by atomic mass is 9.77. The molecule has 2 saturated carbocycles. The number of carbonyl (C=O) groups is 1. The van der Waals surface area contributed by atoms with Gasteiger partial charge in [0.25, 0.3) is 0 Å². The Labute approximate surface area is 173 Å². The number of carbonyl (C=O) groups excluding carboxylic acids is 1. The maximum atomic E-state index is 14.4. The largest absolute Gasteiger partial charge is 0.352 e. The molecule has 0 spiro atoms. The number of nitrogens with zero attached hydrogens (tertiary/aromatic N) is 2. The van der Waals surface area contributed by atoms with Crippen LogP contribution >= 0.6 is 0 Å². The lowest BCUT2D eigenvalue weighted by molar-refractivity contribution is -0.124. The first kappa shape index (κ1) is 20.1. The molecular formula is C21H37FN6O. The van der Waals surface area contributed by atoms with Crippen LogP contribution in [-0.2, 0) is 4.79 Å². The van der Waals surface area contributed by atoms with Gasteiger partial charge in [0.2, 0.25) is 5.91 Å². The lowest BCUT2D eigenvalue weighted by Gasteiger charge is -2.43. The maximum absolute atomic E-state index is 14.4. The van der Waals surface area contributed by atoms with Crippen LogP contribution in [0.5, 0.6) is 0 Å². The summed E-state index contributed by atoms with van der Waals surface area (Å²) in [5, 5.41) is 12.6. The summed E-state index contributed by atoms with van der Waals surface area (Å²) in [5.74, 6) is 0.564. The number of hydrazine groups is 1. The van der Waals surface area contributed by atoms with E-state index in [1.165, 1.54) is 12.8 Å². The van der Waals surface area contributed by atoms with Gasteiger partial charge in [0, 0.05) is 43.7 Å².